The van der Waals surface area contributed by atoms with E-state index in [1.165, 1.54) is 0 Å². The van der Waals surface area contributed by atoms with Crippen molar-refractivity contribution < 1.29 is 73.8 Å². The molecule has 0 radical (unpaired) electrons. The second kappa shape index (κ2) is 38.9. The first-order chi connectivity index (χ1) is 33.0. The molecule has 5 unspecified atom stereocenters. The van der Waals surface area contributed by atoms with E-state index in [1.807, 2.05) is 36.5 Å². The van der Waals surface area contributed by atoms with Gasteiger partial charge in [-0.2, -0.15) is 0 Å². The fourth-order valence-corrected chi connectivity index (χ4v) is 6.84. The van der Waals surface area contributed by atoms with Crippen LogP contribution in [0.5, 0.6) is 0 Å². The van der Waals surface area contributed by atoms with E-state index in [2.05, 4.69) is 86.8 Å². The molecule has 2 saturated heterocycles. The second-order valence-corrected chi connectivity index (χ2v) is 16.6. The SMILES string of the molecule is CC/C=C/C=C/C=C/C=C/CCCCCC(=O)OC(COC(=O)CCCCC/C=C/C/C=C/C/C=C/C/C=C/C/C=C/CC)CO[C@@H]1O[C@H](CO[C@@H]2O[C@H](CO)[C@H](O)C(O)C2O)[C@H](O)C(O)C1O. The second-order valence-electron chi connectivity index (χ2n) is 16.6. The number of carbonyl (C=O) groups excluding carboxylic acids is 2. The highest BCUT2D eigenvalue weighted by Crippen LogP contribution is 2.26. The van der Waals surface area contributed by atoms with E-state index >= 15 is 0 Å². The molecule has 384 valence electrons. The van der Waals surface area contributed by atoms with E-state index < -0.39 is 99.3 Å². The van der Waals surface area contributed by atoms with Crippen LogP contribution in [0.1, 0.15) is 117 Å². The van der Waals surface area contributed by atoms with Crippen molar-refractivity contribution in [3.63, 3.8) is 0 Å². The molecule has 2 aliphatic rings. The number of rotatable bonds is 35. The van der Waals surface area contributed by atoms with Crippen molar-refractivity contribution in [2.75, 3.05) is 26.4 Å². The third-order valence-electron chi connectivity index (χ3n) is 10.8. The van der Waals surface area contributed by atoms with Gasteiger partial charge in [-0.1, -0.05) is 136 Å². The number of allylic oxidation sites excluding steroid dienone is 18. The fourth-order valence-electron chi connectivity index (χ4n) is 6.84. The highest BCUT2D eigenvalue weighted by Gasteiger charge is 2.47. The van der Waals surface area contributed by atoms with E-state index in [0.29, 0.717) is 12.8 Å². The lowest BCUT2D eigenvalue weighted by Gasteiger charge is -2.42. The molecule has 2 fully saturated rings. The van der Waals surface area contributed by atoms with Crippen LogP contribution >= 0.6 is 0 Å². The summed E-state index contributed by atoms with van der Waals surface area (Å²) >= 11 is 0. The molecule has 0 aliphatic carbocycles. The number of hydrogen-bond acceptors (Lipinski definition) is 15. The Balaban J connectivity index is 1.85. The summed E-state index contributed by atoms with van der Waals surface area (Å²) in [5, 5.41) is 72.0. The zero-order valence-corrected chi connectivity index (χ0v) is 40.3. The zero-order chi connectivity index (χ0) is 49.6. The van der Waals surface area contributed by atoms with Gasteiger partial charge in [0.2, 0.25) is 0 Å². The molecule has 0 aromatic heterocycles. The first kappa shape index (κ1) is 60.3. The summed E-state index contributed by atoms with van der Waals surface area (Å²) in [6.45, 7) is 2.21. The summed E-state index contributed by atoms with van der Waals surface area (Å²) in [6, 6.07) is 0. The maximum Gasteiger partial charge on any atom is 0.306 e. The van der Waals surface area contributed by atoms with E-state index in [-0.39, 0.29) is 19.4 Å². The minimum Gasteiger partial charge on any atom is -0.462 e. The number of hydrogen-bond donors (Lipinski definition) is 7. The molecule has 0 aromatic rings. The van der Waals surface area contributed by atoms with Gasteiger partial charge in [0.25, 0.3) is 0 Å². The molecule has 2 aliphatic heterocycles. The summed E-state index contributed by atoms with van der Waals surface area (Å²) in [5.41, 5.74) is 0. The molecule has 0 aromatic carbocycles. The normalized spacial score (nSPS) is 26.7. The van der Waals surface area contributed by atoms with Crippen LogP contribution in [0.25, 0.3) is 0 Å². The Morgan fingerprint density at radius 1 is 0.485 bits per heavy atom. The molecule has 0 bridgehead atoms. The molecule has 15 nitrogen and oxygen atoms in total. The third-order valence-corrected chi connectivity index (χ3v) is 10.8. The zero-order valence-electron chi connectivity index (χ0n) is 40.3. The maximum absolute atomic E-state index is 13.0. The average molecular weight is 959 g/mol. The van der Waals surface area contributed by atoms with Crippen molar-refractivity contribution in [1.82, 2.24) is 0 Å². The maximum atomic E-state index is 13.0. The van der Waals surface area contributed by atoms with Crippen molar-refractivity contribution in [1.29, 1.82) is 0 Å². The van der Waals surface area contributed by atoms with Crippen molar-refractivity contribution in [2.45, 2.75) is 184 Å². The first-order valence-corrected chi connectivity index (χ1v) is 24.5. The van der Waals surface area contributed by atoms with Gasteiger partial charge in [0.15, 0.2) is 18.7 Å². The Hall–Kier alpha value is -3.84. The number of aliphatic hydroxyl groups is 7. The van der Waals surface area contributed by atoms with Crippen LogP contribution in [0.3, 0.4) is 0 Å². The molecule has 7 N–H and O–H groups in total. The minimum absolute atomic E-state index is 0.104. The molecule has 15 heteroatoms. The molecule has 68 heavy (non-hydrogen) atoms. The Labute approximate surface area is 404 Å². The van der Waals surface area contributed by atoms with Crippen LogP contribution < -0.4 is 0 Å². The van der Waals surface area contributed by atoms with Gasteiger partial charge in [-0.05, 0) is 77.0 Å². The van der Waals surface area contributed by atoms with Crippen molar-refractivity contribution in [3.05, 3.63) is 109 Å². The number of carbonyl (C=O) groups is 2. The van der Waals surface area contributed by atoms with Gasteiger partial charge in [-0.3, -0.25) is 9.59 Å². The summed E-state index contributed by atoms with van der Waals surface area (Å²) < 4.78 is 33.4. The van der Waals surface area contributed by atoms with Crippen LogP contribution in [-0.4, -0.2) is 142 Å². The number of esters is 2. The fraction of sp³-hybridized carbons (Fsp3) is 0.623. The quantitative estimate of drug-likeness (QED) is 0.0158. The van der Waals surface area contributed by atoms with Crippen LogP contribution in [0, 0.1) is 0 Å². The van der Waals surface area contributed by atoms with Gasteiger partial charge >= 0.3 is 11.9 Å². The molecular formula is C53H82O15. The van der Waals surface area contributed by atoms with Gasteiger partial charge in [0.1, 0.15) is 55.4 Å². The summed E-state index contributed by atoms with van der Waals surface area (Å²) in [7, 11) is 0. The molecular weight excluding hydrogens is 877 g/mol. The van der Waals surface area contributed by atoms with E-state index in [0.717, 1.165) is 77.0 Å². The van der Waals surface area contributed by atoms with Crippen LogP contribution in [-0.2, 0) is 38.0 Å². The van der Waals surface area contributed by atoms with Crippen molar-refractivity contribution in [2.24, 2.45) is 0 Å². The predicted octanol–water partition coefficient (Wildman–Crippen LogP) is 6.37. The molecule has 2 heterocycles. The van der Waals surface area contributed by atoms with E-state index in [1.54, 1.807) is 0 Å². The van der Waals surface area contributed by atoms with Gasteiger partial charge in [-0.15, -0.1) is 0 Å². The van der Waals surface area contributed by atoms with Gasteiger partial charge in [0.05, 0.1) is 19.8 Å². The first-order valence-electron chi connectivity index (χ1n) is 24.5. The Morgan fingerprint density at radius 3 is 1.53 bits per heavy atom. The highest BCUT2D eigenvalue weighted by molar-refractivity contribution is 5.70. The van der Waals surface area contributed by atoms with Gasteiger partial charge in [-0.25, -0.2) is 0 Å². The topological polar surface area (TPSA) is 231 Å². The molecule has 11 atom stereocenters. The highest BCUT2D eigenvalue weighted by atomic mass is 16.7. The molecule has 0 spiro atoms. The molecule has 2 rings (SSSR count). The van der Waals surface area contributed by atoms with Crippen LogP contribution in [0.2, 0.25) is 0 Å². The van der Waals surface area contributed by atoms with Crippen molar-refractivity contribution >= 4 is 11.9 Å². The lowest BCUT2D eigenvalue weighted by atomic mass is 9.98. The lowest BCUT2D eigenvalue weighted by molar-refractivity contribution is -0.332. The third kappa shape index (κ3) is 26.8. The minimum atomic E-state index is -1.78. The van der Waals surface area contributed by atoms with Crippen LogP contribution in [0.4, 0.5) is 0 Å². The summed E-state index contributed by atoms with van der Waals surface area (Å²) in [5.74, 6) is -1.02. The Bertz CT molecular complexity index is 1600. The Kier molecular flexibility index (Phi) is 34.5. The largest absolute Gasteiger partial charge is 0.462 e. The Morgan fingerprint density at radius 2 is 0.956 bits per heavy atom. The van der Waals surface area contributed by atoms with E-state index in [4.69, 9.17) is 28.4 Å². The smallest absolute Gasteiger partial charge is 0.306 e. The monoisotopic (exact) mass is 959 g/mol. The van der Waals surface area contributed by atoms with Gasteiger partial charge < -0.3 is 64.2 Å². The molecule has 0 saturated carbocycles. The van der Waals surface area contributed by atoms with E-state index in [9.17, 15) is 45.3 Å². The number of aliphatic hydroxyl groups excluding tert-OH is 7. The molecule has 0 amide bonds. The number of ether oxygens (including phenoxy) is 6. The van der Waals surface area contributed by atoms with Crippen molar-refractivity contribution in [3.8, 4) is 0 Å². The van der Waals surface area contributed by atoms with Crippen LogP contribution in [0.15, 0.2) is 109 Å². The predicted molar refractivity (Wildman–Crippen MR) is 261 cm³/mol. The average Bonchev–Trinajstić information content (AvgIpc) is 3.33. The lowest BCUT2D eigenvalue weighted by Crippen LogP contribution is -2.61. The summed E-state index contributed by atoms with van der Waals surface area (Å²) in [6.07, 6.45) is 32.7. The van der Waals surface area contributed by atoms with Gasteiger partial charge in [0, 0.05) is 12.8 Å². The number of unbranched alkanes of at least 4 members (excludes halogenated alkanes) is 6. The summed E-state index contributed by atoms with van der Waals surface area (Å²) in [4.78, 5) is 25.7. The standard InChI is InChI=1S/C53H82O15/c1-3-5-7-9-11-13-15-17-18-19-20-21-22-24-25-27-29-31-33-35-44(55)63-38-41(66-45(56)36-34-32-30-28-26-23-16-14-12-10-8-6-4-2)39-64-52-51(62)49(60)47(58)43(68-52)40-65-53-50(61)48(59)46(57)42(37-54)67-53/h5-8,10-14,16-18,20-21,23-26,41-43,46-54,57-62H,3-4,9,15,19,22,27-40H2,1-2H3/b7-5+,8-6+,12-10+,13-11+,16-14+,18-17+,21-20+,25-24+,26-23+/t41?,42-,43-,46+,47+,48?,49?,50?,51?,52-,53-/m1/s1.